The first-order valence-corrected chi connectivity index (χ1v) is 10.9. The van der Waals surface area contributed by atoms with Crippen LogP contribution in [0.1, 0.15) is 24.7 Å². The molecular formula is C24H23N5O4. The highest BCUT2D eigenvalue weighted by molar-refractivity contribution is 5.99. The number of aromatic nitrogens is 4. The SMILES string of the molecule is CCc1ccc(N2CC(C(=O)OCc3nnc4n(C)c(=O)c5ccccc5n34)CC2=O)cc1. The van der Waals surface area contributed by atoms with Gasteiger partial charge >= 0.3 is 5.97 Å². The summed E-state index contributed by atoms with van der Waals surface area (Å²) >= 11 is 0. The van der Waals surface area contributed by atoms with Gasteiger partial charge in [-0.15, -0.1) is 10.2 Å². The number of benzene rings is 2. The van der Waals surface area contributed by atoms with Gasteiger partial charge in [0.05, 0.1) is 16.8 Å². The van der Waals surface area contributed by atoms with Crippen LogP contribution in [0, 0.1) is 5.92 Å². The number of carbonyl (C=O) groups excluding carboxylic acids is 2. The van der Waals surface area contributed by atoms with Crippen molar-refractivity contribution in [2.45, 2.75) is 26.4 Å². The van der Waals surface area contributed by atoms with Crippen LogP contribution in [0.15, 0.2) is 53.3 Å². The van der Waals surface area contributed by atoms with Crippen molar-refractivity contribution in [1.29, 1.82) is 0 Å². The predicted octanol–water partition coefficient (Wildman–Crippen LogP) is 2.24. The van der Waals surface area contributed by atoms with E-state index in [4.69, 9.17) is 4.74 Å². The van der Waals surface area contributed by atoms with Crippen molar-refractivity contribution in [3.05, 3.63) is 70.3 Å². The van der Waals surface area contributed by atoms with E-state index in [-0.39, 0.29) is 31.0 Å². The Morgan fingerprint density at radius 3 is 2.61 bits per heavy atom. The molecule has 0 bridgehead atoms. The highest BCUT2D eigenvalue weighted by Crippen LogP contribution is 2.26. The van der Waals surface area contributed by atoms with Gasteiger partial charge in [0.25, 0.3) is 5.56 Å². The summed E-state index contributed by atoms with van der Waals surface area (Å²) in [6.45, 7) is 2.24. The third-order valence-corrected chi connectivity index (χ3v) is 6.15. The van der Waals surface area contributed by atoms with Crippen LogP contribution in [0.3, 0.4) is 0 Å². The second-order valence-corrected chi connectivity index (χ2v) is 8.17. The van der Waals surface area contributed by atoms with Gasteiger partial charge in [0, 0.05) is 25.7 Å². The molecule has 1 unspecified atom stereocenters. The van der Waals surface area contributed by atoms with Crippen molar-refractivity contribution >= 4 is 34.2 Å². The topological polar surface area (TPSA) is 98.8 Å². The lowest BCUT2D eigenvalue weighted by atomic mass is 10.1. The molecule has 2 aromatic heterocycles. The molecule has 1 saturated heterocycles. The van der Waals surface area contributed by atoms with Gasteiger partial charge in [-0.1, -0.05) is 31.2 Å². The number of hydrogen-bond acceptors (Lipinski definition) is 6. The minimum absolute atomic E-state index is 0.102. The molecule has 2 aromatic carbocycles. The van der Waals surface area contributed by atoms with Crippen molar-refractivity contribution in [3.63, 3.8) is 0 Å². The molecule has 0 spiro atoms. The van der Waals surface area contributed by atoms with E-state index in [0.29, 0.717) is 22.5 Å². The van der Waals surface area contributed by atoms with Crippen molar-refractivity contribution in [3.8, 4) is 0 Å². The summed E-state index contributed by atoms with van der Waals surface area (Å²) in [4.78, 5) is 39.5. The zero-order valence-corrected chi connectivity index (χ0v) is 18.4. The molecule has 1 fully saturated rings. The summed E-state index contributed by atoms with van der Waals surface area (Å²) in [6.07, 6.45) is 1.02. The third kappa shape index (κ3) is 3.55. The Kier molecular flexibility index (Phi) is 5.16. The molecule has 168 valence electrons. The maximum Gasteiger partial charge on any atom is 0.311 e. The van der Waals surface area contributed by atoms with E-state index in [1.807, 2.05) is 30.3 Å². The highest BCUT2D eigenvalue weighted by Gasteiger charge is 2.36. The van der Waals surface area contributed by atoms with E-state index in [0.717, 1.165) is 12.1 Å². The maximum atomic E-state index is 12.8. The molecule has 33 heavy (non-hydrogen) atoms. The van der Waals surface area contributed by atoms with Gasteiger partial charge in [0.1, 0.15) is 0 Å². The molecule has 1 aliphatic rings. The Morgan fingerprint density at radius 2 is 1.85 bits per heavy atom. The molecule has 0 saturated carbocycles. The Balaban J connectivity index is 1.34. The van der Waals surface area contributed by atoms with Gasteiger partial charge in [0.2, 0.25) is 11.7 Å². The highest BCUT2D eigenvalue weighted by atomic mass is 16.5. The number of hydrogen-bond donors (Lipinski definition) is 0. The molecule has 0 N–H and O–H groups in total. The monoisotopic (exact) mass is 445 g/mol. The number of ether oxygens (including phenoxy) is 1. The van der Waals surface area contributed by atoms with Crippen molar-refractivity contribution in [1.82, 2.24) is 19.2 Å². The lowest BCUT2D eigenvalue weighted by Gasteiger charge is -2.17. The fraction of sp³-hybridized carbons (Fsp3) is 0.292. The van der Waals surface area contributed by atoms with Gasteiger partial charge in [-0.2, -0.15) is 0 Å². The quantitative estimate of drug-likeness (QED) is 0.437. The molecule has 1 atom stereocenters. The molecule has 9 heteroatoms. The number of carbonyl (C=O) groups is 2. The average molecular weight is 445 g/mol. The van der Waals surface area contributed by atoms with Crippen LogP contribution < -0.4 is 10.5 Å². The normalized spacial score (nSPS) is 16.1. The maximum absolute atomic E-state index is 12.8. The Morgan fingerprint density at radius 1 is 1.09 bits per heavy atom. The summed E-state index contributed by atoms with van der Waals surface area (Å²) in [5.74, 6) is -0.343. The Bertz CT molecular complexity index is 1440. The fourth-order valence-electron chi connectivity index (χ4n) is 4.27. The number of rotatable bonds is 5. The molecule has 5 rings (SSSR count). The van der Waals surface area contributed by atoms with E-state index in [1.165, 1.54) is 10.1 Å². The molecule has 0 radical (unpaired) electrons. The molecular weight excluding hydrogens is 422 g/mol. The Hall–Kier alpha value is -4.01. The number of aryl methyl sites for hydroxylation is 2. The van der Waals surface area contributed by atoms with Crippen LogP contribution in [0.4, 0.5) is 5.69 Å². The zero-order valence-electron chi connectivity index (χ0n) is 18.4. The lowest BCUT2D eigenvalue weighted by molar-refractivity contribution is -0.149. The number of esters is 1. The van der Waals surface area contributed by atoms with E-state index >= 15 is 0 Å². The van der Waals surface area contributed by atoms with Crippen LogP contribution in [0.5, 0.6) is 0 Å². The fourth-order valence-corrected chi connectivity index (χ4v) is 4.27. The summed E-state index contributed by atoms with van der Waals surface area (Å²) in [6, 6.07) is 14.9. The second-order valence-electron chi connectivity index (χ2n) is 8.17. The first-order chi connectivity index (χ1) is 16.0. The van der Waals surface area contributed by atoms with E-state index in [1.54, 1.807) is 34.5 Å². The minimum Gasteiger partial charge on any atom is -0.457 e. The van der Waals surface area contributed by atoms with Gasteiger partial charge in [-0.3, -0.25) is 23.4 Å². The minimum atomic E-state index is -0.552. The van der Waals surface area contributed by atoms with E-state index < -0.39 is 11.9 Å². The van der Waals surface area contributed by atoms with Gasteiger partial charge < -0.3 is 9.64 Å². The predicted molar refractivity (Wildman–Crippen MR) is 122 cm³/mol. The number of fused-ring (bicyclic) bond motifs is 3. The first kappa shape index (κ1) is 20.9. The van der Waals surface area contributed by atoms with Crippen LogP contribution in [-0.4, -0.2) is 37.6 Å². The number of para-hydroxylation sites is 1. The Labute approximate surface area is 189 Å². The van der Waals surface area contributed by atoms with E-state index in [9.17, 15) is 14.4 Å². The van der Waals surface area contributed by atoms with Crippen LogP contribution in [-0.2, 0) is 34.4 Å². The van der Waals surface area contributed by atoms with Crippen LogP contribution >= 0.6 is 0 Å². The average Bonchev–Trinajstić information content (AvgIpc) is 3.45. The lowest BCUT2D eigenvalue weighted by Crippen LogP contribution is -2.26. The van der Waals surface area contributed by atoms with Gasteiger partial charge in [0.15, 0.2) is 12.4 Å². The summed E-state index contributed by atoms with van der Waals surface area (Å²) in [5.41, 5.74) is 2.44. The molecule has 4 aromatic rings. The van der Waals surface area contributed by atoms with E-state index in [2.05, 4.69) is 17.1 Å². The summed E-state index contributed by atoms with van der Waals surface area (Å²) < 4.78 is 8.67. The van der Waals surface area contributed by atoms with Crippen molar-refractivity contribution in [2.24, 2.45) is 13.0 Å². The largest absolute Gasteiger partial charge is 0.457 e. The smallest absolute Gasteiger partial charge is 0.311 e. The zero-order chi connectivity index (χ0) is 23.1. The molecule has 0 aliphatic carbocycles. The first-order valence-electron chi connectivity index (χ1n) is 10.9. The van der Waals surface area contributed by atoms with Crippen LogP contribution in [0.25, 0.3) is 16.7 Å². The number of nitrogens with zero attached hydrogens (tertiary/aromatic N) is 5. The molecule has 9 nitrogen and oxygen atoms in total. The summed E-state index contributed by atoms with van der Waals surface area (Å²) in [7, 11) is 1.63. The number of anilines is 1. The third-order valence-electron chi connectivity index (χ3n) is 6.15. The van der Waals surface area contributed by atoms with Gasteiger partial charge in [-0.25, -0.2) is 0 Å². The van der Waals surface area contributed by atoms with Crippen molar-refractivity contribution in [2.75, 3.05) is 11.4 Å². The second kappa shape index (κ2) is 8.16. The standard InChI is InChI=1S/C24H23N5O4/c1-3-15-8-10-17(11-9-15)28-13-16(12-21(28)30)23(32)33-14-20-25-26-24-27(2)22(31)18-6-4-5-7-19(18)29(20)24/h4-11,16H,3,12-14H2,1-2H3. The number of amides is 1. The molecule has 1 aliphatic heterocycles. The molecule has 1 amide bonds. The van der Waals surface area contributed by atoms with Crippen LogP contribution in [0.2, 0.25) is 0 Å². The molecule has 3 heterocycles. The van der Waals surface area contributed by atoms with Gasteiger partial charge in [-0.05, 0) is 36.2 Å². The summed E-state index contributed by atoms with van der Waals surface area (Å²) in [5, 5.41) is 8.76. The van der Waals surface area contributed by atoms with Crippen molar-refractivity contribution < 1.29 is 14.3 Å².